The summed E-state index contributed by atoms with van der Waals surface area (Å²) < 4.78 is 85.9. The van der Waals surface area contributed by atoms with Crippen LogP contribution in [0.1, 0.15) is 12.8 Å². The Kier molecular flexibility index (Phi) is 11.6. The molecular weight excluding hydrogens is 817 g/mol. The molecule has 2 fully saturated rings. The highest BCUT2D eigenvalue weighted by Gasteiger charge is 2.39. The summed E-state index contributed by atoms with van der Waals surface area (Å²) in [5.74, 6) is -0.427. The number of benzene rings is 3. The normalized spacial score (nSPS) is 17.5. The molecule has 2 aliphatic heterocycles. The van der Waals surface area contributed by atoms with Gasteiger partial charge in [-0.1, -0.05) is 0 Å². The van der Waals surface area contributed by atoms with Gasteiger partial charge in [-0.2, -0.15) is 16.8 Å². The molecular formula is C33H32N6O11S5. The molecule has 2 aliphatic rings. The highest BCUT2D eigenvalue weighted by atomic mass is 32.3. The zero-order chi connectivity index (χ0) is 39.5. The summed E-state index contributed by atoms with van der Waals surface area (Å²) in [7, 11) is -11.4. The van der Waals surface area contributed by atoms with Gasteiger partial charge in [0.1, 0.15) is 18.0 Å². The molecule has 0 aliphatic carbocycles. The van der Waals surface area contributed by atoms with Crippen molar-refractivity contribution in [2.24, 2.45) is 0 Å². The van der Waals surface area contributed by atoms with Crippen LogP contribution in [-0.4, -0.2) is 89.7 Å². The van der Waals surface area contributed by atoms with Gasteiger partial charge in [0.25, 0.3) is 41.9 Å². The summed E-state index contributed by atoms with van der Waals surface area (Å²) >= 11 is 2.04. The van der Waals surface area contributed by atoms with Gasteiger partial charge in [-0.15, -0.1) is 26.4 Å². The average Bonchev–Trinajstić information content (AvgIpc) is 4.00. The third-order valence-electron chi connectivity index (χ3n) is 8.28. The Morgan fingerprint density at radius 3 is 1.55 bits per heavy atom. The van der Waals surface area contributed by atoms with E-state index in [0.29, 0.717) is 45.5 Å². The smallest absolute Gasteiger partial charge is 0.279 e. The second-order valence-corrected chi connectivity index (χ2v) is 19.0. The number of hydrogen-bond acceptors (Lipinski definition) is 15. The van der Waals surface area contributed by atoms with Gasteiger partial charge in [0.15, 0.2) is 5.13 Å². The summed E-state index contributed by atoms with van der Waals surface area (Å²) in [6, 6.07) is 16.5. The number of methoxy groups -OCH3 is 1. The quantitative estimate of drug-likeness (QED) is 0.174. The fraction of sp³-hybridized carbons (Fsp3) is 0.212. The molecule has 17 nitrogen and oxygen atoms in total. The van der Waals surface area contributed by atoms with Crippen LogP contribution >= 0.6 is 22.7 Å². The van der Waals surface area contributed by atoms with Crippen molar-refractivity contribution in [1.82, 2.24) is 9.97 Å². The van der Waals surface area contributed by atoms with E-state index in [2.05, 4.69) is 14.7 Å². The molecule has 2 amide bonds. The Morgan fingerprint density at radius 2 is 1.15 bits per heavy atom. The first-order chi connectivity index (χ1) is 26.1. The lowest BCUT2D eigenvalue weighted by molar-refractivity contribution is -0.124. The van der Waals surface area contributed by atoms with Gasteiger partial charge in [0.2, 0.25) is 5.13 Å². The first-order valence-corrected chi connectivity index (χ1v) is 22.2. The molecule has 2 aromatic heterocycles. The van der Waals surface area contributed by atoms with Crippen LogP contribution in [0.5, 0.6) is 5.75 Å². The van der Waals surface area contributed by atoms with Crippen LogP contribution < -0.4 is 23.0 Å². The van der Waals surface area contributed by atoms with E-state index in [1.54, 1.807) is 17.5 Å². The lowest BCUT2D eigenvalue weighted by atomic mass is 10.3. The number of nitrogens with zero attached hydrogens (tertiary/aromatic N) is 5. The van der Waals surface area contributed by atoms with Crippen LogP contribution in [0.25, 0.3) is 0 Å². The number of sulfonamides is 3. The maximum absolute atomic E-state index is 13.5. The Hall–Kier alpha value is -4.97. The molecule has 290 valence electrons. The standard InChI is InChI=1S/C20H19N3O7S3.C13H13N3O4S2/c1-30-15-4-8-17(9-5-15)33(28,29)23(20-21-11-13-31-20)32(26,27)16-6-2-14(3-7-16)22-12-10-18(24)19(22)25;17-11-5-7-16(12(11)18)9-1-3-10(4-2-9)22(19,20)15-13-14-6-8-21-13/h2-9,11,13,18,24H,10,12H2,1H3;1-4,6,8,11,17H,5,7H2,(H,14,15)/t18-;11-/m00/s1. The molecule has 22 heteroatoms. The third kappa shape index (κ3) is 8.34. The van der Waals surface area contributed by atoms with E-state index in [1.165, 1.54) is 107 Å². The van der Waals surface area contributed by atoms with E-state index >= 15 is 0 Å². The first kappa shape index (κ1) is 39.7. The fourth-order valence-corrected chi connectivity index (χ4v) is 12.0. The maximum Gasteiger partial charge on any atom is 0.279 e. The van der Waals surface area contributed by atoms with Crippen molar-refractivity contribution in [3.05, 3.63) is 96.0 Å². The monoisotopic (exact) mass is 848 g/mol. The van der Waals surface area contributed by atoms with Crippen LogP contribution in [0.4, 0.5) is 21.6 Å². The lowest BCUT2D eigenvalue weighted by Gasteiger charge is -2.22. The van der Waals surface area contributed by atoms with E-state index in [9.17, 15) is 45.1 Å². The number of thiazole rings is 2. The second-order valence-electron chi connectivity index (χ2n) is 11.7. The molecule has 0 bridgehead atoms. The number of carbonyl (C=O) groups is 2. The van der Waals surface area contributed by atoms with Gasteiger partial charge in [-0.05, 0) is 72.8 Å². The molecule has 2 saturated heterocycles. The number of aromatic nitrogens is 2. The van der Waals surface area contributed by atoms with E-state index < -0.39 is 48.2 Å². The highest BCUT2D eigenvalue weighted by molar-refractivity contribution is 8.10. The average molecular weight is 849 g/mol. The topological polar surface area (TPSA) is 234 Å². The van der Waals surface area contributed by atoms with Crippen LogP contribution in [0.15, 0.2) is 111 Å². The molecule has 7 rings (SSSR count). The molecule has 0 spiro atoms. The maximum atomic E-state index is 13.5. The Balaban J connectivity index is 0.000000203. The Bertz CT molecular complexity index is 2470. The van der Waals surface area contributed by atoms with Crippen molar-refractivity contribution in [3.8, 4) is 5.75 Å². The Morgan fingerprint density at radius 1 is 0.691 bits per heavy atom. The van der Waals surface area contributed by atoms with Gasteiger partial charge >= 0.3 is 0 Å². The minimum absolute atomic E-state index is 0.0821. The number of ether oxygens (including phenoxy) is 1. The summed E-state index contributed by atoms with van der Waals surface area (Å²) in [6.07, 6.45) is 1.40. The van der Waals surface area contributed by atoms with Crippen molar-refractivity contribution in [2.45, 2.75) is 39.7 Å². The predicted molar refractivity (Wildman–Crippen MR) is 204 cm³/mol. The van der Waals surface area contributed by atoms with E-state index in [-0.39, 0.29) is 32.1 Å². The summed E-state index contributed by atoms with van der Waals surface area (Å²) in [4.78, 5) is 33.9. The fourth-order valence-electron chi connectivity index (χ4n) is 5.47. The van der Waals surface area contributed by atoms with Crippen LogP contribution in [0.2, 0.25) is 0 Å². The minimum Gasteiger partial charge on any atom is -0.497 e. The van der Waals surface area contributed by atoms with Crippen LogP contribution in [-0.2, 0) is 39.7 Å². The van der Waals surface area contributed by atoms with Gasteiger partial charge in [-0.3, -0.25) is 14.3 Å². The molecule has 0 unspecified atom stereocenters. The number of rotatable bonds is 11. The number of hydrogen-bond donors (Lipinski definition) is 3. The molecule has 4 heterocycles. The van der Waals surface area contributed by atoms with Crippen molar-refractivity contribution in [3.63, 3.8) is 0 Å². The summed E-state index contributed by atoms with van der Waals surface area (Å²) in [5.41, 5.74) is 0.962. The van der Waals surface area contributed by atoms with Crippen molar-refractivity contribution < 1.29 is 49.8 Å². The SMILES string of the molecule is COc1ccc(S(=O)(=O)N(c2nccs2)S(=O)(=O)c2ccc(N3CC[C@H](O)C3=O)cc2)cc1.O=C1[C@@H](O)CCN1c1ccc(S(=O)(=O)Nc2nccs2)cc1. The van der Waals surface area contributed by atoms with Gasteiger partial charge in [0, 0.05) is 60.5 Å². The second kappa shape index (κ2) is 16.0. The van der Waals surface area contributed by atoms with E-state index in [0.717, 1.165) is 11.3 Å². The van der Waals surface area contributed by atoms with E-state index in [4.69, 9.17) is 4.74 Å². The lowest BCUT2D eigenvalue weighted by Crippen LogP contribution is -2.37. The highest BCUT2D eigenvalue weighted by Crippen LogP contribution is 2.34. The van der Waals surface area contributed by atoms with Gasteiger partial charge in [-0.25, -0.2) is 18.4 Å². The van der Waals surface area contributed by atoms with Crippen molar-refractivity contribution >= 4 is 86.2 Å². The van der Waals surface area contributed by atoms with Gasteiger partial charge < -0.3 is 24.7 Å². The zero-order valence-electron chi connectivity index (χ0n) is 28.6. The molecule has 3 N–H and O–H groups in total. The summed E-state index contributed by atoms with van der Waals surface area (Å²) in [5, 5.41) is 22.3. The predicted octanol–water partition coefficient (Wildman–Crippen LogP) is 2.88. The number of nitrogens with one attached hydrogen (secondary N) is 1. The van der Waals surface area contributed by atoms with Crippen molar-refractivity contribution in [1.29, 1.82) is 0 Å². The molecule has 3 aromatic carbocycles. The third-order valence-corrected chi connectivity index (χ3v) is 15.6. The molecule has 0 saturated carbocycles. The number of amides is 2. The molecule has 0 radical (unpaired) electrons. The van der Waals surface area contributed by atoms with Crippen molar-refractivity contribution in [2.75, 3.05) is 38.4 Å². The number of aliphatic hydroxyl groups excluding tert-OH is 2. The molecule has 5 aromatic rings. The minimum atomic E-state index is -4.60. The largest absolute Gasteiger partial charge is 0.497 e. The van der Waals surface area contributed by atoms with Gasteiger partial charge in [0.05, 0.1) is 21.8 Å². The molecule has 55 heavy (non-hydrogen) atoms. The van der Waals surface area contributed by atoms with E-state index in [1.807, 2.05) is 0 Å². The summed E-state index contributed by atoms with van der Waals surface area (Å²) in [6.45, 7) is 0.715. The first-order valence-electron chi connectivity index (χ1n) is 16.1. The van der Waals surface area contributed by atoms with Crippen LogP contribution in [0, 0.1) is 0 Å². The number of carbonyl (C=O) groups excluding carboxylic acids is 2. The van der Waals surface area contributed by atoms with Crippen LogP contribution in [0.3, 0.4) is 0 Å². The number of anilines is 4. The Labute approximate surface area is 324 Å². The zero-order valence-corrected chi connectivity index (χ0v) is 32.6. The molecule has 2 atom stereocenters. The number of aliphatic hydroxyl groups is 2.